The Morgan fingerprint density at radius 2 is 2.26 bits per heavy atom. The van der Waals surface area contributed by atoms with Crippen LogP contribution < -0.4 is 4.74 Å². The molecule has 4 heteroatoms. The van der Waals surface area contributed by atoms with Crippen LogP contribution in [0.25, 0.3) is 0 Å². The highest BCUT2D eigenvalue weighted by Gasteiger charge is 2.29. The Hall–Kier alpha value is -1.55. The molecule has 0 amide bonds. The van der Waals surface area contributed by atoms with Crippen LogP contribution in [-0.4, -0.2) is 41.7 Å². The molecule has 0 saturated carbocycles. The highest BCUT2D eigenvalue weighted by Crippen LogP contribution is 2.20. The molecule has 1 heterocycles. The molecule has 1 unspecified atom stereocenters. The normalized spacial score (nSPS) is 19.5. The minimum Gasteiger partial charge on any atom is -0.492 e. The van der Waals surface area contributed by atoms with E-state index in [-0.39, 0.29) is 6.04 Å². The van der Waals surface area contributed by atoms with Crippen LogP contribution in [0.2, 0.25) is 0 Å². The van der Waals surface area contributed by atoms with Gasteiger partial charge in [-0.3, -0.25) is 9.69 Å². The van der Waals surface area contributed by atoms with Gasteiger partial charge in [0.15, 0.2) is 0 Å². The predicted molar refractivity (Wildman–Crippen MR) is 73.5 cm³/mol. The second-order valence-electron chi connectivity index (χ2n) is 4.84. The second-order valence-corrected chi connectivity index (χ2v) is 4.84. The maximum absolute atomic E-state index is 11.1. The molecule has 0 radical (unpaired) electrons. The lowest BCUT2D eigenvalue weighted by Crippen LogP contribution is -2.38. The van der Waals surface area contributed by atoms with Crippen molar-refractivity contribution < 1.29 is 14.6 Å². The predicted octanol–water partition coefficient (Wildman–Crippen LogP) is 2.18. The number of carboxylic acid groups (broad SMARTS) is 1. The summed E-state index contributed by atoms with van der Waals surface area (Å²) in [5.41, 5.74) is 1.19. The van der Waals surface area contributed by atoms with Crippen molar-refractivity contribution in [3.63, 3.8) is 0 Å². The third-order valence-electron chi connectivity index (χ3n) is 3.64. The van der Waals surface area contributed by atoms with Crippen molar-refractivity contribution in [3.05, 3.63) is 29.8 Å². The first-order chi connectivity index (χ1) is 9.22. The zero-order chi connectivity index (χ0) is 13.7. The van der Waals surface area contributed by atoms with Crippen molar-refractivity contribution >= 4 is 5.97 Å². The number of hydrogen-bond acceptors (Lipinski definition) is 3. The van der Waals surface area contributed by atoms with E-state index in [2.05, 4.69) is 13.0 Å². The quantitative estimate of drug-likeness (QED) is 0.854. The third kappa shape index (κ3) is 3.47. The van der Waals surface area contributed by atoms with Crippen LogP contribution in [0.1, 0.15) is 25.3 Å². The fourth-order valence-electron chi connectivity index (χ4n) is 2.58. The Bertz CT molecular complexity index is 433. The van der Waals surface area contributed by atoms with Crippen molar-refractivity contribution in [1.29, 1.82) is 0 Å². The van der Waals surface area contributed by atoms with Crippen LogP contribution in [0.3, 0.4) is 0 Å². The van der Waals surface area contributed by atoms with E-state index < -0.39 is 5.97 Å². The molecule has 1 N–H and O–H groups in total. The molecule has 1 aliphatic rings. The monoisotopic (exact) mass is 263 g/mol. The molecule has 4 nitrogen and oxygen atoms in total. The summed E-state index contributed by atoms with van der Waals surface area (Å²) in [6.07, 6.45) is 2.65. The zero-order valence-electron chi connectivity index (χ0n) is 11.3. The molecular weight excluding hydrogens is 242 g/mol. The van der Waals surface area contributed by atoms with Gasteiger partial charge in [0.1, 0.15) is 18.4 Å². The molecular formula is C15H21NO3. The SMILES string of the molecule is CCc1ccccc1OCCN1CCCC1C(=O)O. The van der Waals surface area contributed by atoms with E-state index in [1.54, 1.807) is 0 Å². The van der Waals surface area contributed by atoms with E-state index in [4.69, 9.17) is 9.84 Å². The first kappa shape index (κ1) is 13.9. The molecule has 1 saturated heterocycles. The van der Waals surface area contributed by atoms with Gasteiger partial charge < -0.3 is 9.84 Å². The Balaban J connectivity index is 1.85. The number of aryl methyl sites for hydroxylation is 1. The third-order valence-corrected chi connectivity index (χ3v) is 3.64. The summed E-state index contributed by atoms with van der Waals surface area (Å²) in [6, 6.07) is 7.67. The molecule has 0 aliphatic carbocycles. The molecule has 1 aliphatic heterocycles. The van der Waals surface area contributed by atoms with Gasteiger partial charge in [0, 0.05) is 6.54 Å². The van der Waals surface area contributed by atoms with Crippen molar-refractivity contribution in [1.82, 2.24) is 4.90 Å². The lowest BCUT2D eigenvalue weighted by molar-refractivity contribution is -0.142. The number of carbonyl (C=O) groups is 1. The first-order valence-electron chi connectivity index (χ1n) is 6.90. The smallest absolute Gasteiger partial charge is 0.320 e. The fraction of sp³-hybridized carbons (Fsp3) is 0.533. The number of ether oxygens (including phenoxy) is 1. The maximum atomic E-state index is 11.1. The van der Waals surface area contributed by atoms with Crippen LogP contribution in [-0.2, 0) is 11.2 Å². The summed E-state index contributed by atoms with van der Waals surface area (Å²) in [4.78, 5) is 13.1. The minimum absolute atomic E-state index is 0.329. The van der Waals surface area contributed by atoms with Gasteiger partial charge in [0.05, 0.1) is 0 Å². The first-order valence-corrected chi connectivity index (χ1v) is 6.90. The molecule has 0 aromatic heterocycles. The molecule has 1 aromatic rings. The largest absolute Gasteiger partial charge is 0.492 e. The number of nitrogens with zero attached hydrogens (tertiary/aromatic N) is 1. The van der Waals surface area contributed by atoms with Gasteiger partial charge in [-0.2, -0.15) is 0 Å². The van der Waals surface area contributed by atoms with Crippen molar-refractivity contribution in [2.75, 3.05) is 19.7 Å². The van der Waals surface area contributed by atoms with Crippen molar-refractivity contribution in [2.45, 2.75) is 32.2 Å². The molecule has 0 spiro atoms. The highest BCUT2D eigenvalue weighted by atomic mass is 16.5. The van der Waals surface area contributed by atoms with Gasteiger partial charge in [-0.1, -0.05) is 25.1 Å². The topological polar surface area (TPSA) is 49.8 Å². The van der Waals surface area contributed by atoms with E-state index in [0.29, 0.717) is 13.2 Å². The van der Waals surface area contributed by atoms with Gasteiger partial charge in [-0.25, -0.2) is 0 Å². The van der Waals surface area contributed by atoms with Crippen LogP contribution in [0.4, 0.5) is 0 Å². The van der Waals surface area contributed by atoms with Gasteiger partial charge in [-0.15, -0.1) is 0 Å². The molecule has 2 rings (SSSR count). The molecule has 1 atom stereocenters. The maximum Gasteiger partial charge on any atom is 0.320 e. The number of hydrogen-bond donors (Lipinski definition) is 1. The fourth-order valence-corrected chi connectivity index (χ4v) is 2.58. The van der Waals surface area contributed by atoms with Gasteiger partial charge in [-0.05, 0) is 37.4 Å². The average molecular weight is 263 g/mol. The van der Waals surface area contributed by atoms with Crippen molar-refractivity contribution in [3.8, 4) is 5.75 Å². The Morgan fingerprint density at radius 3 is 3.00 bits per heavy atom. The summed E-state index contributed by atoms with van der Waals surface area (Å²) in [6.45, 7) is 4.18. The minimum atomic E-state index is -0.716. The second kappa shape index (κ2) is 6.57. The van der Waals surface area contributed by atoms with Crippen LogP contribution in [0, 0.1) is 0 Å². The molecule has 104 valence electrons. The number of benzene rings is 1. The Kier molecular flexibility index (Phi) is 4.80. The van der Waals surface area contributed by atoms with Gasteiger partial charge >= 0.3 is 5.97 Å². The summed E-state index contributed by atoms with van der Waals surface area (Å²) in [7, 11) is 0. The van der Waals surface area contributed by atoms with Crippen molar-refractivity contribution in [2.24, 2.45) is 0 Å². The molecule has 19 heavy (non-hydrogen) atoms. The molecule has 1 aromatic carbocycles. The number of likely N-dealkylation sites (tertiary alicyclic amines) is 1. The average Bonchev–Trinajstić information content (AvgIpc) is 2.88. The van der Waals surface area contributed by atoms with E-state index in [9.17, 15) is 4.79 Å². The standard InChI is InChI=1S/C15H21NO3/c1-2-12-6-3-4-8-14(12)19-11-10-16-9-5-7-13(16)15(17)18/h3-4,6,8,13H,2,5,7,9-11H2,1H3,(H,17,18). The Morgan fingerprint density at radius 1 is 1.47 bits per heavy atom. The highest BCUT2D eigenvalue weighted by molar-refractivity contribution is 5.73. The molecule has 0 bridgehead atoms. The summed E-state index contributed by atoms with van der Waals surface area (Å²) < 4.78 is 5.78. The zero-order valence-corrected chi connectivity index (χ0v) is 11.3. The van der Waals surface area contributed by atoms with E-state index >= 15 is 0 Å². The van der Waals surface area contributed by atoms with Gasteiger partial charge in [0.2, 0.25) is 0 Å². The summed E-state index contributed by atoms with van der Waals surface area (Å²) in [5.74, 6) is 0.197. The van der Waals surface area contributed by atoms with Crippen LogP contribution in [0.5, 0.6) is 5.75 Å². The summed E-state index contributed by atoms with van der Waals surface area (Å²) >= 11 is 0. The van der Waals surface area contributed by atoms with E-state index in [1.165, 1.54) is 5.56 Å². The van der Waals surface area contributed by atoms with Crippen LogP contribution in [0.15, 0.2) is 24.3 Å². The lowest BCUT2D eigenvalue weighted by atomic mass is 10.1. The number of carboxylic acids is 1. The van der Waals surface area contributed by atoms with Crippen LogP contribution >= 0.6 is 0 Å². The number of aliphatic carboxylic acids is 1. The lowest BCUT2D eigenvalue weighted by Gasteiger charge is -2.21. The van der Waals surface area contributed by atoms with E-state index in [1.807, 2.05) is 23.1 Å². The summed E-state index contributed by atoms with van der Waals surface area (Å²) in [5, 5.41) is 9.10. The number of para-hydroxylation sites is 1. The van der Waals surface area contributed by atoms with Gasteiger partial charge in [0.25, 0.3) is 0 Å². The molecule has 1 fully saturated rings. The van der Waals surface area contributed by atoms with E-state index in [0.717, 1.165) is 31.6 Å². The number of rotatable bonds is 6. The Labute approximate surface area is 114 Å².